The summed E-state index contributed by atoms with van der Waals surface area (Å²) in [4.78, 5) is 0. The number of hydrogen-bond donors (Lipinski definition) is 0. The van der Waals surface area contributed by atoms with Crippen LogP contribution in [0.2, 0.25) is 0 Å². The summed E-state index contributed by atoms with van der Waals surface area (Å²) in [5, 5.41) is 1.78. The first-order valence-electron chi connectivity index (χ1n) is 13.7. The minimum atomic E-state index is -4.65. The Morgan fingerprint density at radius 3 is 1.88 bits per heavy atom. The second-order valence-corrected chi connectivity index (χ2v) is 11.0. The van der Waals surface area contributed by atoms with Crippen molar-refractivity contribution >= 4 is 10.8 Å². The number of alkyl halides is 3. The van der Waals surface area contributed by atoms with Gasteiger partial charge in [-0.15, -0.1) is 13.2 Å². The van der Waals surface area contributed by atoms with Crippen LogP contribution in [0.4, 0.5) is 13.2 Å². The van der Waals surface area contributed by atoms with Gasteiger partial charge >= 0.3 is 6.36 Å². The molecule has 0 atom stereocenters. The summed E-state index contributed by atoms with van der Waals surface area (Å²) in [6, 6.07) is 10.8. The van der Waals surface area contributed by atoms with Gasteiger partial charge in [0, 0.05) is 0 Å². The van der Waals surface area contributed by atoms with E-state index in [0.717, 1.165) is 28.5 Å². The molecule has 2 fully saturated rings. The lowest BCUT2D eigenvalue weighted by Crippen LogP contribution is -2.18. The standard InChI is InChI=1S/C30H41F3O/c1-2-3-4-5-22-6-8-23(9-7-22)10-11-24-12-14-25(15-13-24)26-16-17-28-21-29(34-30(31,32)33)19-18-27(28)20-26/h16-25H,2-15H2,1H3. The average Bonchev–Trinajstić information content (AvgIpc) is 2.83. The van der Waals surface area contributed by atoms with Crippen LogP contribution in [0.5, 0.6) is 5.75 Å². The second-order valence-electron chi connectivity index (χ2n) is 11.0. The molecule has 2 saturated carbocycles. The minimum Gasteiger partial charge on any atom is -0.406 e. The van der Waals surface area contributed by atoms with Crippen molar-refractivity contribution in [2.75, 3.05) is 0 Å². The summed E-state index contributed by atoms with van der Waals surface area (Å²) >= 11 is 0. The van der Waals surface area contributed by atoms with Crippen LogP contribution in [0, 0.1) is 17.8 Å². The Hall–Kier alpha value is -1.71. The lowest BCUT2D eigenvalue weighted by Gasteiger charge is -2.32. The van der Waals surface area contributed by atoms with Crippen LogP contribution in [-0.2, 0) is 0 Å². The van der Waals surface area contributed by atoms with Gasteiger partial charge in [-0.2, -0.15) is 0 Å². The smallest absolute Gasteiger partial charge is 0.406 e. The normalized spacial score (nSPS) is 26.0. The molecule has 0 bridgehead atoms. The maximum Gasteiger partial charge on any atom is 0.573 e. The van der Waals surface area contributed by atoms with E-state index in [2.05, 4.69) is 23.8 Å². The van der Waals surface area contributed by atoms with Crippen molar-refractivity contribution in [3.05, 3.63) is 42.0 Å². The molecule has 188 valence electrons. The fourth-order valence-electron chi connectivity index (χ4n) is 6.44. The fourth-order valence-corrected chi connectivity index (χ4v) is 6.44. The Morgan fingerprint density at radius 1 is 0.706 bits per heavy atom. The van der Waals surface area contributed by atoms with Crippen LogP contribution >= 0.6 is 0 Å². The van der Waals surface area contributed by atoms with E-state index in [0.29, 0.717) is 5.92 Å². The lowest BCUT2D eigenvalue weighted by molar-refractivity contribution is -0.274. The summed E-state index contributed by atoms with van der Waals surface area (Å²) in [5.41, 5.74) is 1.33. The number of benzene rings is 2. The Kier molecular flexibility index (Phi) is 8.82. The van der Waals surface area contributed by atoms with Crippen LogP contribution < -0.4 is 4.74 Å². The molecule has 0 amide bonds. The van der Waals surface area contributed by atoms with Crippen LogP contribution in [-0.4, -0.2) is 6.36 Å². The molecule has 0 heterocycles. The third-order valence-electron chi connectivity index (χ3n) is 8.55. The Morgan fingerprint density at radius 2 is 1.26 bits per heavy atom. The molecule has 0 radical (unpaired) electrons. The predicted octanol–water partition coefficient (Wildman–Crippen LogP) is 10.2. The van der Waals surface area contributed by atoms with E-state index in [4.69, 9.17) is 0 Å². The van der Waals surface area contributed by atoms with Crippen molar-refractivity contribution in [1.82, 2.24) is 0 Å². The second kappa shape index (κ2) is 11.8. The highest BCUT2D eigenvalue weighted by atomic mass is 19.4. The zero-order valence-electron chi connectivity index (χ0n) is 20.7. The topological polar surface area (TPSA) is 9.23 Å². The zero-order valence-corrected chi connectivity index (χ0v) is 20.7. The van der Waals surface area contributed by atoms with Gasteiger partial charge in [-0.25, -0.2) is 0 Å². The molecule has 1 nitrogen and oxygen atoms in total. The van der Waals surface area contributed by atoms with E-state index in [1.54, 1.807) is 6.07 Å². The van der Waals surface area contributed by atoms with Gasteiger partial charge in [-0.1, -0.05) is 95.4 Å². The van der Waals surface area contributed by atoms with Crippen LogP contribution in [0.25, 0.3) is 10.8 Å². The van der Waals surface area contributed by atoms with Crippen LogP contribution in [0.15, 0.2) is 36.4 Å². The number of rotatable bonds is 9. The van der Waals surface area contributed by atoms with Crippen LogP contribution in [0.1, 0.15) is 108 Å². The highest BCUT2D eigenvalue weighted by molar-refractivity contribution is 5.84. The number of unbranched alkanes of at least 4 members (excludes halogenated alkanes) is 2. The molecular weight excluding hydrogens is 433 g/mol. The van der Waals surface area contributed by atoms with Gasteiger partial charge in [-0.3, -0.25) is 0 Å². The van der Waals surface area contributed by atoms with Gasteiger partial charge in [0.1, 0.15) is 5.75 Å². The summed E-state index contributed by atoms with van der Waals surface area (Å²) in [6.45, 7) is 2.29. The molecule has 0 spiro atoms. The molecule has 4 heteroatoms. The molecule has 2 aliphatic rings. The van der Waals surface area contributed by atoms with Gasteiger partial charge < -0.3 is 4.74 Å². The maximum absolute atomic E-state index is 12.5. The average molecular weight is 475 g/mol. The first-order chi connectivity index (χ1) is 16.4. The highest BCUT2D eigenvalue weighted by Crippen LogP contribution is 2.41. The van der Waals surface area contributed by atoms with Crippen LogP contribution in [0.3, 0.4) is 0 Å². The van der Waals surface area contributed by atoms with Crippen molar-refractivity contribution in [2.24, 2.45) is 17.8 Å². The zero-order chi connectivity index (χ0) is 24.0. The van der Waals surface area contributed by atoms with Gasteiger partial charge in [-0.05, 0) is 77.8 Å². The summed E-state index contributed by atoms with van der Waals surface area (Å²) in [7, 11) is 0. The van der Waals surface area contributed by atoms with E-state index in [-0.39, 0.29) is 5.75 Å². The molecule has 2 aromatic carbocycles. The van der Waals surface area contributed by atoms with Gasteiger partial charge in [0.15, 0.2) is 0 Å². The molecule has 0 N–H and O–H groups in total. The van der Waals surface area contributed by atoms with Crippen molar-refractivity contribution in [3.8, 4) is 5.75 Å². The first kappa shape index (κ1) is 25.4. The van der Waals surface area contributed by atoms with Gasteiger partial charge in [0.05, 0.1) is 0 Å². The summed E-state index contributed by atoms with van der Waals surface area (Å²) in [5.74, 6) is 3.26. The fraction of sp³-hybridized carbons (Fsp3) is 0.667. The minimum absolute atomic E-state index is 0.154. The van der Waals surface area contributed by atoms with Crippen molar-refractivity contribution in [1.29, 1.82) is 0 Å². The van der Waals surface area contributed by atoms with E-state index < -0.39 is 6.36 Å². The SMILES string of the molecule is CCCCCC1CCC(CCC2CCC(c3ccc4cc(OC(F)(F)F)ccc4c3)CC2)CC1. The number of hydrogen-bond acceptors (Lipinski definition) is 1. The molecule has 0 unspecified atom stereocenters. The molecule has 0 saturated heterocycles. The summed E-state index contributed by atoms with van der Waals surface area (Å²) in [6.07, 6.45) is 14.7. The quantitative estimate of drug-likeness (QED) is 0.328. The number of fused-ring (bicyclic) bond motifs is 1. The van der Waals surface area contributed by atoms with E-state index in [1.165, 1.54) is 108 Å². The van der Waals surface area contributed by atoms with Crippen molar-refractivity contribution in [3.63, 3.8) is 0 Å². The monoisotopic (exact) mass is 474 g/mol. The largest absolute Gasteiger partial charge is 0.573 e. The predicted molar refractivity (Wildman–Crippen MR) is 134 cm³/mol. The Labute approximate surface area is 203 Å². The molecule has 2 aliphatic carbocycles. The van der Waals surface area contributed by atoms with E-state index >= 15 is 0 Å². The molecule has 2 aromatic rings. The number of halogens is 3. The first-order valence-corrected chi connectivity index (χ1v) is 13.7. The third kappa shape index (κ3) is 7.39. The van der Waals surface area contributed by atoms with Gasteiger partial charge in [0.2, 0.25) is 0 Å². The highest BCUT2D eigenvalue weighted by Gasteiger charge is 2.31. The lowest BCUT2D eigenvalue weighted by atomic mass is 9.74. The molecule has 0 aromatic heterocycles. The molecule has 34 heavy (non-hydrogen) atoms. The van der Waals surface area contributed by atoms with Crippen molar-refractivity contribution < 1.29 is 17.9 Å². The molecular formula is C30H41F3O. The summed E-state index contributed by atoms with van der Waals surface area (Å²) < 4.78 is 41.5. The number of ether oxygens (including phenoxy) is 1. The third-order valence-corrected chi connectivity index (χ3v) is 8.55. The van der Waals surface area contributed by atoms with E-state index in [9.17, 15) is 13.2 Å². The molecule has 0 aliphatic heterocycles. The van der Waals surface area contributed by atoms with Gasteiger partial charge in [0.25, 0.3) is 0 Å². The Bertz CT molecular complexity index is 890. The molecule has 4 rings (SSSR count). The Balaban J connectivity index is 1.20. The maximum atomic E-state index is 12.5. The van der Waals surface area contributed by atoms with Crippen molar-refractivity contribution in [2.45, 2.75) is 109 Å². The van der Waals surface area contributed by atoms with E-state index in [1.807, 2.05) is 6.07 Å².